The lowest BCUT2D eigenvalue weighted by Crippen LogP contribution is -2.44. The van der Waals surface area contributed by atoms with E-state index in [-0.39, 0.29) is 54.5 Å². The normalized spacial score (nSPS) is 29.7. The molecule has 0 aliphatic carbocycles. The standard InChI is InChI=1S/C28H37N3O7/c1-17(2)26-19(4)9-10-24(34)29-11-5-7-18(3)13-20(32)14-21(33)15-25-30-22(16-37-25)27(35)31-12-6-8-23(31)28(36)38-26/h5,7,9-10,13,16-17,19-20,23,26,32H,6,8,11-12,14-15H2,1-4H3,(H,29,34)/b7-5+,10-9+,18-13+/t19?,20-,23-,26?/m1/s1. The Hall–Kier alpha value is -3.53. The van der Waals surface area contributed by atoms with Gasteiger partial charge in [0.05, 0.1) is 12.5 Å². The fourth-order valence-electron chi connectivity index (χ4n) is 4.66. The van der Waals surface area contributed by atoms with Crippen LogP contribution in [0.15, 0.2) is 46.6 Å². The predicted octanol–water partition coefficient (Wildman–Crippen LogP) is 2.53. The Balaban J connectivity index is 1.85. The summed E-state index contributed by atoms with van der Waals surface area (Å²) >= 11 is 0. The number of aliphatic hydroxyl groups excluding tert-OH is 1. The number of allylic oxidation sites excluding steroid dienone is 2. The van der Waals surface area contributed by atoms with E-state index in [1.807, 2.05) is 20.8 Å². The first kappa shape index (κ1) is 29.0. The second kappa shape index (κ2) is 13.3. The summed E-state index contributed by atoms with van der Waals surface area (Å²) in [5.41, 5.74) is 0.739. The molecule has 2 bridgehead atoms. The van der Waals surface area contributed by atoms with Crippen molar-refractivity contribution < 1.29 is 33.4 Å². The number of Topliss-reactive ketones (excluding diaryl/α,β-unsaturated/α-hetero) is 1. The third-order valence-electron chi connectivity index (χ3n) is 6.55. The van der Waals surface area contributed by atoms with Gasteiger partial charge in [-0.1, -0.05) is 50.6 Å². The van der Waals surface area contributed by atoms with Gasteiger partial charge in [-0.3, -0.25) is 14.4 Å². The lowest BCUT2D eigenvalue weighted by atomic mass is 9.94. The number of hydrogen-bond acceptors (Lipinski definition) is 8. The summed E-state index contributed by atoms with van der Waals surface area (Å²) in [5.74, 6) is -1.76. The second-order valence-corrected chi connectivity index (χ2v) is 10.2. The second-order valence-electron chi connectivity index (χ2n) is 10.2. The first-order valence-corrected chi connectivity index (χ1v) is 13.0. The van der Waals surface area contributed by atoms with Crippen LogP contribution in [-0.2, 0) is 25.5 Å². The smallest absolute Gasteiger partial charge is 0.329 e. The zero-order chi connectivity index (χ0) is 27.8. The molecular formula is C28H37N3O7. The highest BCUT2D eigenvalue weighted by molar-refractivity contribution is 5.95. The number of esters is 1. The zero-order valence-electron chi connectivity index (χ0n) is 22.4. The molecule has 0 radical (unpaired) electrons. The summed E-state index contributed by atoms with van der Waals surface area (Å²) in [7, 11) is 0. The number of nitrogens with zero attached hydrogens (tertiary/aromatic N) is 2. The van der Waals surface area contributed by atoms with Crippen LogP contribution >= 0.6 is 0 Å². The summed E-state index contributed by atoms with van der Waals surface area (Å²) in [6, 6.07) is -0.761. The average Bonchev–Trinajstić information content (AvgIpc) is 3.52. The first-order chi connectivity index (χ1) is 18.0. The predicted molar refractivity (Wildman–Crippen MR) is 139 cm³/mol. The van der Waals surface area contributed by atoms with E-state index in [0.29, 0.717) is 19.4 Å². The van der Waals surface area contributed by atoms with E-state index in [1.165, 1.54) is 17.2 Å². The molecule has 2 amide bonds. The maximum atomic E-state index is 13.2. The fraction of sp³-hybridized carbons (Fsp3) is 0.536. The molecule has 2 N–H and O–H groups in total. The van der Waals surface area contributed by atoms with Crippen molar-refractivity contribution in [3.63, 3.8) is 0 Å². The number of aromatic nitrogens is 1. The number of fused-ring (bicyclic) bond motifs is 3. The Bertz CT molecular complexity index is 1120. The van der Waals surface area contributed by atoms with Crippen LogP contribution in [0.25, 0.3) is 0 Å². The van der Waals surface area contributed by atoms with E-state index in [1.54, 1.807) is 31.2 Å². The van der Waals surface area contributed by atoms with Crippen LogP contribution < -0.4 is 5.32 Å². The molecule has 4 atom stereocenters. The SMILES string of the molecule is CC1=C\[C@@H](O)CC(=O)Cc2nc(co2)C(=O)N2CCC[C@@H]2C(=O)OC(C(C)C)C(C)/C=C/C(=O)NC\C=C\1. The van der Waals surface area contributed by atoms with E-state index in [2.05, 4.69) is 10.3 Å². The van der Waals surface area contributed by atoms with Crippen molar-refractivity contribution in [3.8, 4) is 0 Å². The van der Waals surface area contributed by atoms with Crippen LogP contribution in [-0.4, -0.2) is 69.9 Å². The monoisotopic (exact) mass is 527 g/mol. The summed E-state index contributed by atoms with van der Waals surface area (Å²) < 4.78 is 11.2. The molecule has 3 rings (SSSR count). The van der Waals surface area contributed by atoms with Crippen LogP contribution in [0, 0.1) is 11.8 Å². The van der Waals surface area contributed by atoms with Gasteiger partial charge in [0.1, 0.15) is 24.2 Å². The Kier molecular flexibility index (Phi) is 10.2. The largest absolute Gasteiger partial charge is 0.460 e. The Morgan fingerprint density at radius 2 is 1.95 bits per heavy atom. The number of ketones is 1. The van der Waals surface area contributed by atoms with Crippen molar-refractivity contribution in [2.75, 3.05) is 13.1 Å². The number of carbonyl (C=O) groups is 4. The molecule has 2 aliphatic rings. The van der Waals surface area contributed by atoms with Gasteiger partial charge < -0.3 is 24.5 Å². The minimum absolute atomic E-state index is 0.00930. The van der Waals surface area contributed by atoms with Crippen molar-refractivity contribution in [2.24, 2.45) is 11.8 Å². The van der Waals surface area contributed by atoms with Crippen molar-refractivity contribution in [1.29, 1.82) is 0 Å². The highest BCUT2D eigenvalue weighted by atomic mass is 16.5. The van der Waals surface area contributed by atoms with Gasteiger partial charge in [-0.05, 0) is 31.8 Å². The van der Waals surface area contributed by atoms with Gasteiger partial charge in [-0.2, -0.15) is 0 Å². The number of hydrogen-bond donors (Lipinski definition) is 2. The highest BCUT2D eigenvalue weighted by Gasteiger charge is 2.38. The molecule has 10 heteroatoms. The highest BCUT2D eigenvalue weighted by Crippen LogP contribution is 2.25. The molecule has 3 heterocycles. The first-order valence-electron chi connectivity index (χ1n) is 13.0. The number of cyclic esters (lactones) is 1. The van der Waals surface area contributed by atoms with Crippen LogP contribution in [0.5, 0.6) is 0 Å². The summed E-state index contributed by atoms with van der Waals surface area (Å²) in [5, 5.41) is 13.0. The number of nitrogens with one attached hydrogen (secondary N) is 1. The van der Waals surface area contributed by atoms with Crippen LogP contribution in [0.3, 0.4) is 0 Å². The lowest BCUT2D eigenvalue weighted by molar-refractivity contribution is -0.158. The fourth-order valence-corrected chi connectivity index (χ4v) is 4.66. The molecule has 1 aromatic rings. The molecule has 1 fully saturated rings. The van der Waals surface area contributed by atoms with E-state index in [0.717, 1.165) is 5.57 Å². The van der Waals surface area contributed by atoms with E-state index < -0.39 is 30.1 Å². The quantitative estimate of drug-likeness (QED) is 0.531. The minimum Gasteiger partial charge on any atom is -0.460 e. The van der Waals surface area contributed by atoms with Crippen molar-refractivity contribution >= 4 is 23.6 Å². The molecule has 1 aromatic heterocycles. The lowest BCUT2D eigenvalue weighted by Gasteiger charge is -2.29. The van der Waals surface area contributed by atoms with Crippen molar-refractivity contribution in [3.05, 3.63) is 53.8 Å². The number of oxazole rings is 1. The van der Waals surface area contributed by atoms with Crippen molar-refractivity contribution in [2.45, 2.75) is 71.6 Å². The molecular weight excluding hydrogens is 490 g/mol. The maximum absolute atomic E-state index is 13.2. The Morgan fingerprint density at radius 1 is 1.18 bits per heavy atom. The third kappa shape index (κ3) is 7.98. The average molecular weight is 528 g/mol. The number of amides is 2. The van der Waals surface area contributed by atoms with Crippen LogP contribution in [0.1, 0.15) is 63.3 Å². The molecule has 0 aromatic carbocycles. The molecule has 206 valence electrons. The van der Waals surface area contributed by atoms with Gasteiger partial charge >= 0.3 is 5.97 Å². The summed E-state index contributed by atoms with van der Waals surface area (Å²) in [6.07, 6.45) is 8.62. The Labute approximate surface area is 222 Å². The third-order valence-corrected chi connectivity index (χ3v) is 6.55. The molecule has 2 unspecified atom stereocenters. The van der Waals surface area contributed by atoms with Gasteiger partial charge in [0.25, 0.3) is 5.91 Å². The number of ether oxygens (including phenoxy) is 1. The summed E-state index contributed by atoms with van der Waals surface area (Å²) in [6.45, 7) is 8.16. The van der Waals surface area contributed by atoms with Gasteiger partial charge in [0.15, 0.2) is 5.69 Å². The molecule has 0 saturated carbocycles. The van der Waals surface area contributed by atoms with Gasteiger partial charge in [0.2, 0.25) is 11.8 Å². The number of rotatable bonds is 1. The number of aliphatic hydroxyl groups is 1. The van der Waals surface area contributed by atoms with E-state index in [4.69, 9.17) is 9.15 Å². The van der Waals surface area contributed by atoms with Crippen LogP contribution in [0.4, 0.5) is 0 Å². The zero-order valence-corrected chi connectivity index (χ0v) is 22.4. The van der Waals surface area contributed by atoms with Crippen LogP contribution in [0.2, 0.25) is 0 Å². The van der Waals surface area contributed by atoms with E-state index in [9.17, 15) is 24.3 Å². The molecule has 2 aliphatic heterocycles. The van der Waals surface area contributed by atoms with Gasteiger partial charge in [-0.15, -0.1) is 0 Å². The molecule has 38 heavy (non-hydrogen) atoms. The molecule has 10 nitrogen and oxygen atoms in total. The van der Waals surface area contributed by atoms with Crippen molar-refractivity contribution in [1.82, 2.24) is 15.2 Å². The Morgan fingerprint density at radius 3 is 2.68 bits per heavy atom. The van der Waals surface area contributed by atoms with Gasteiger partial charge in [0, 0.05) is 25.4 Å². The maximum Gasteiger partial charge on any atom is 0.329 e. The van der Waals surface area contributed by atoms with E-state index >= 15 is 0 Å². The molecule has 0 spiro atoms. The number of carbonyl (C=O) groups excluding carboxylic acids is 4. The minimum atomic E-state index is -1.01. The topological polar surface area (TPSA) is 139 Å². The molecule has 1 saturated heterocycles. The van der Waals surface area contributed by atoms with Gasteiger partial charge in [-0.25, -0.2) is 9.78 Å². The summed E-state index contributed by atoms with van der Waals surface area (Å²) in [4.78, 5) is 56.6.